The van der Waals surface area contributed by atoms with Gasteiger partial charge in [-0.2, -0.15) is 0 Å². The van der Waals surface area contributed by atoms with Crippen molar-refractivity contribution in [2.75, 3.05) is 39.6 Å². The lowest BCUT2D eigenvalue weighted by Gasteiger charge is -2.33. The Morgan fingerprint density at radius 3 is 0.857 bits per heavy atom. The highest BCUT2D eigenvalue weighted by atomic mass is 16.7. The summed E-state index contributed by atoms with van der Waals surface area (Å²) in [5.74, 6) is -0.854. The van der Waals surface area contributed by atoms with Gasteiger partial charge in [-0.25, -0.2) is 0 Å². The number of unbranched alkanes of at least 4 members (excludes halogenated alkanes) is 6. The van der Waals surface area contributed by atoms with Crippen molar-refractivity contribution in [1.29, 1.82) is 0 Å². The molecule has 478 valence electrons. The summed E-state index contributed by atoms with van der Waals surface area (Å²) in [6.07, 6.45) is 44.9. The third-order valence-corrected chi connectivity index (χ3v) is 18.1. The Morgan fingerprint density at radius 2 is 0.560 bits per heavy atom. The van der Waals surface area contributed by atoms with E-state index in [1.54, 1.807) is 23.3 Å². The molecular formula is C87H106O4. The highest BCUT2D eigenvalue weighted by Crippen LogP contribution is 2.56. The maximum atomic E-state index is 6.65. The number of aryl methyl sites for hydroxylation is 6. The summed E-state index contributed by atoms with van der Waals surface area (Å²) in [6.45, 7) is 40.1. The van der Waals surface area contributed by atoms with Crippen molar-refractivity contribution in [2.45, 2.75) is 161 Å². The molecule has 0 fully saturated rings. The summed E-state index contributed by atoms with van der Waals surface area (Å²) in [5, 5.41) is 0. The summed E-state index contributed by atoms with van der Waals surface area (Å²) in [7, 11) is 0. The average Bonchev–Trinajstić information content (AvgIpc) is 1.60. The van der Waals surface area contributed by atoms with E-state index in [9.17, 15) is 0 Å². The molecule has 4 nitrogen and oxygen atoms in total. The Kier molecular flexibility index (Phi) is 28.5. The quantitative estimate of drug-likeness (QED) is 0.0170. The highest BCUT2D eigenvalue weighted by molar-refractivity contribution is 5.83. The van der Waals surface area contributed by atoms with Gasteiger partial charge >= 0.3 is 0 Å². The lowest BCUT2D eigenvalue weighted by atomic mass is 9.70. The predicted molar refractivity (Wildman–Crippen MR) is 392 cm³/mol. The lowest BCUT2D eigenvalue weighted by Crippen LogP contribution is -2.33. The molecule has 0 saturated heterocycles. The van der Waals surface area contributed by atoms with Crippen molar-refractivity contribution in [3.05, 3.63) is 300 Å². The second kappa shape index (κ2) is 36.6. The van der Waals surface area contributed by atoms with E-state index in [4.69, 9.17) is 18.9 Å². The molecule has 0 atom stereocenters. The molecule has 4 heteroatoms. The van der Waals surface area contributed by atoms with E-state index < -0.39 is 5.79 Å². The van der Waals surface area contributed by atoms with Crippen LogP contribution >= 0.6 is 0 Å². The van der Waals surface area contributed by atoms with Crippen molar-refractivity contribution in [2.24, 2.45) is 0 Å². The summed E-state index contributed by atoms with van der Waals surface area (Å²) in [5.41, 5.74) is 24.1. The van der Waals surface area contributed by atoms with Gasteiger partial charge in [0.1, 0.15) is 0 Å². The van der Waals surface area contributed by atoms with Gasteiger partial charge in [0.25, 0.3) is 0 Å². The number of rotatable bonds is 36. The number of benzene rings is 6. The molecule has 0 bridgehead atoms. The van der Waals surface area contributed by atoms with Crippen molar-refractivity contribution in [3.8, 4) is 33.4 Å². The SMILES string of the molecule is C=C/C=C/CCCC1(CCC/C=C/C=C)c2cc(C)ccc2-c2ccc(C)cc21.C=C/C=C/CCCOC1(OCCC/C=C/C=C)c2cc(C)ccc2-c2ccc(C)cc21.C=CCCCOCCC1(CCOCCCC=C)c2cc(C)ccc2-c2ccc(C)cc21. The fourth-order valence-electron chi connectivity index (χ4n) is 13.6. The molecule has 0 spiro atoms. The second-order valence-electron chi connectivity index (χ2n) is 25.1. The van der Waals surface area contributed by atoms with Gasteiger partial charge in [0, 0.05) is 48.4 Å². The minimum Gasteiger partial charge on any atom is -0.381 e. The number of ether oxygens (including phenoxy) is 4. The van der Waals surface area contributed by atoms with Crippen LogP contribution in [0.15, 0.2) is 234 Å². The van der Waals surface area contributed by atoms with Crippen LogP contribution in [0.1, 0.15) is 169 Å². The topological polar surface area (TPSA) is 36.9 Å². The monoisotopic (exact) mass is 1210 g/mol. The van der Waals surface area contributed by atoms with Crippen LogP contribution in [0, 0.1) is 41.5 Å². The van der Waals surface area contributed by atoms with Crippen LogP contribution in [0.5, 0.6) is 0 Å². The largest absolute Gasteiger partial charge is 0.381 e. The van der Waals surface area contributed by atoms with Gasteiger partial charge in [-0.1, -0.05) is 242 Å². The van der Waals surface area contributed by atoms with Gasteiger partial charge in [0.05, 0.1) is 13.2 Å². The third kappa shape index (κ3) is 18.4. The zero-order valence-electron chi connectivity index (χ0n) is 56.4. The van der Waals surface area contributed by atoms with Crippen LogP contribution in [0.4, 0.5) is 0 Å². The van der Waals surface area contributed by atoms with E-state index in [-0.39, 0.29) is 10.8 Å². The summed E-state index contributed by atoms with van der Waals surface area (Å²) >= 11 is 0. The van der Waals surface area contributed by atoms with Gasteiger partial charge in [-0.3, -0.25) is 0 Å². The molecular weight excluding hydrogens is 1110 g/mol. The summed E-state index contributed by atoms with van der Waals surface area (Å²) < 4.78 is 25.4. The number of hydrogen-bond donors (Lipinski definition) is 0. The Bertz CT molecular complexity index is 3270. The van der Waals surface area contributed by atoms with E-state index in [1.807, 2.05) is 36.5 Å². The Morgan fingerprint density at radius 1 is 0.297 bits per heavy atom. The van der Waals surface area contributed by atoms with Gasteiger partial charge in [0.2, 0.25) is 5.79 Å². The zero-order valence-corrected chi connectivity index (χ0v) is 56.4. The molecule has 0 N–H and O–H groups in total. The van der Waals surface area contributed by atoms with Gasteiger partial charge < -0.3 is 18.9 Å². The second-order valence-corrected chi connectivity index (χ2v) is 25.1. The third-order valence-electron chi connectivity index (χ3n) is 18.1. The maximum absolute atomic E-state index is 6.65. The molecule has 0 radical (unpaired) electrons. The first-order valence-corrected chi connectivity index (χ1v) is 33.8. The van der Waals surface area contributed by atoms with Gasteiger partial charge in [-0.05, 0) is 212 Å². The predicted octanol–water partition coefficient (Wildman–Crippen LogP) is 23.3. The molecule has 0 saturated carbocycles. The average molecular weight is 1220 g/mol. The molecule has 3 aliphatic rings. The van der Waals surface area contributed by atoms with E-state index in [0.29, 0.717) is 13.2 Å². The van der Waals surface area contributed by atoms with Crippen molar-refractivity contribution >= 4 is 0 Å². The molecule has 0 aliphatic heterocycles. The Hall–Kier alpha value is -7.44. The molecule has 6 aromatic rings. The van der Waals surface area contributed by atoms with Crippen molar-refractivity contribution < 1.29 is 18.9 Å². The fourth-order valence-corrected chi connectivity index (χ4v) is 13.6. The van der Waals surface area contributed by atoms with Crippen LogP contribution < -0.4 is 0 Å². The first-order valence-electron chi connectivity index (χ1n) is 33.8. The van der Waals surface area contributed by atoms with Crippen LogP contribution in [0.25, 0.3) is 33.4 Å². The first kappa shape index (κ1) is 71.0. The first-order chi connectivity index (χ1) is 44.4. The lowest BCUT2D eigenvalue weighted by molar-refractivity contribution is -0.216. The normalized spacial score (nSPS) is 14.0. The van der Waals surface area contributed by atoms with E-state index in [2.05, 4.69) is 227 Å². The van der Waals surface area contributed by atoms with Gasteiger partial charge in [0.15, 0.2) is 0 Å². The van der Waals surface area contributed by atoms with Crippen LogP contribution in [-0.2, 0) is 35.6 Å². The molecule has 91 heavy (non-hydrogen) atoms. The number of fused-ring (bicyclic) bond motifs is 9. The standard InChI is InChI=1S/C29H38O2.C29H34O2.C29H34/c1-5-7-9-17-30-19-15-29(16-20-31-18-10-8-6-2)27-21-23(3)11-13-25(27)26-14-12-24(4)22-28(26)29;1-5-7-9-11-13-19-30-29(31-20-14-12-10-8-6-2)27-21-23(3)15-17-25(27)26-18-16-24(4)22-28(26)29;1-5-7-9-11-13-19-29(20-14-12-10-8-6-2)27-21-23(3)15-17-25(27)26-18-16-24(4)22-28(26)29/h5-6,11-14,21-22H,1-2,7-10,15-20H2,3-4H3;5-10,15-18,21-22H,1-2,11-14,19-20H2,3-4H3;5-10,15-18,21-22H,1-2,11-14,19-20H2,3-4H3/b;2*9-7+,10-8+. The Labute approximate surface area is 550 Å². The van der Waals surface area contributed by atoms with Crippen LogP contribution in [0.3, 0.4) is 0 Å². The number of allylic oxidation sites excluding steroid dienone is 14. The molecule has 0 aromatic heterocycles. The summed E-state index contributed by atoms with van der Waals surface area (Å²) in [4.78, 5) is 0. The van der Waals surface area contributed by atoms with E-state index >= 15 is 0 Å². The molecule has 9 rings (SSSR count). The highest BCUT2D eigenvalue weighted by Gasteiger charge is 2.47. The van der Waals surface area contributed by atoms with Crippen molar-refractivity contribution in [1.82, 2.24) is 0 Å². The molecule has 0 heterocycles. The maximum Gasteiger partial charge on any atom is 0.223 e. The number of hydrogen-bond acceptors (Lipinski definition) is 4. The molecule has 3 aliphatic carbocycles. The minimum atomic E-state index is -0.854. The molecule has 0 amide bonds. The Balaban J connectivity index is 0.000000194. The minimum absolute atomic E-state index is 0.0560. The zero-order chi connectivity index (χ0) is 64.9. The van der Waals surface area contributed by atoms with E-state index in [1.165, 1.54) is 104 Å². The summed E-state index contributed by atoms with van der Waals surface area (Å²) in [6, 6.07) is 41.1. The van der Waals surface area contributed by atoms with Gasteiger partial charge in [-0.15, -0.1) is 13.2 Å². The molecule has 0 unspecified atom stereocenters. The van der Waals surface area contributed by atoms with Crippen LogP contribution in [-0.4, -0.2) is 39.6 Å². The fraction of sp³-hybridized carbons (Fsp3) is 0.356. The molecule has 6 aromatic carbocycles. The smallest absolute Gasteiger partial charge is 0.223 e. The van der Waals surface area contributed by atoms with Crippen LogP contribution in [0.2, 0.25) is 0 Å². The van der Waals surface area contributed by atoms with E-state index in [0.717, 1.165) is 115 Å². The van der Waals surface area contributed by atoms with Crippen molar-refractivity contribution in [3.63, 3.8) is 0 Å².